The Morgan fingerprint density at radius 1 is 1.58 bits per heavy atom. The SMILES string of the molecule is Cn1nc(CCN)c2c1CNC2. The fourth-order valence-electron chi connectivity index (χ4n) is 1.73. The van der Waals surface area contributed by atoms with Crippen LogP contribution in [0.25, 0.3) is 0 Å². The number of fused-ring (bicyclic) bond motifs is 1. The van der Waals surface area contributed by atoms with Gasteiger partial charge >= 0.3 is 0 Å². The zero-order chi connectivity index (χ0) is 8.55. The zero-order valence-corrected chi connectivity index (χ0v) is 7.30. The van der Waals surface area contributed by atoms with E-state index in [0.29, 0.717) is 6.54 Å². The van der Waals surface area contributed by atoms with Crippen molar-refractivity contribution in [1.29, 1.82) is 0 Å². The van der Waals surface area contributed by atoms with Crippen molar-refractivity contribution in [1.82, 2.24) is 15.1 Å². The molecule has 0 saturated heterocycles. The van der Waals surface area contributed by atoms with Crippen LogP contribution in [0.5, 0.6) is 0 Å². The molecule has 66 valence electrons. The lowest BCUT2D eigenvalue weighted by Gasteiger charge is -1.95. The Bertz CT molecular complexity index is 289. The normalized spacial score (nSPS) is 15.2. The molecule has 0 unspecified atom stereocenters. The highest BCUT2D eigenvalue weighted by Gasteiger charge is 2.19. The third-order valence-corrected chi connectivity index (χ3v) is 2.33. The summed E-state index contributed by atoms with van der Waals surface area (Å²) in [7, 11) is 1.99. The number of aromatic nitrogens is 2. The number of nitrogens with two attached hydrogens (primary N) is 1. The van der Waals surface area contributed by atoms with Crippen LogP contribution in [-0.4, -0.2) is 16.3 Å². The van der Waals surface area contributed by atoms with Gasteiger partial charge in [-0.2, -0.15) is 5.10 Å². The predicted molar refractivity (Wildman–Crippen MR) is 46.5 cm³/mol. The van der Waals surface area contributed by atoms with Gasteiger partial charge in [0.2, 0.25) is 0 Å². The van der Waals surface area contributed by atoms with Crippen molar-refractivity contribution in [2.45, 2.75) is 19.5 Å². The minimum Gasteiger partial charge on any atom is -0.330 e. The molecule has 4 heteroatoms. The lowest BCUT2D eigenvalue weighted by molar-refractivity contribution is 0.653. The summed E-state index contributed by atoms with van der Waals surface area (Å²) in [6.45, 7) is 2.59. The minimum absolute atomic E-state index is 0.684. The number of hydrogen-bond acceptors (Lipinski definition) is 3. The first kappa shape index (κ1) is 7.76. The van der Waals surface area contributed by atoms with Crippen molar-refractivity contribution in [3.8, 4) is 0 Å². The van der Waals surface area contributed by atoms with E-state index in [1.807, 2.05) is 11.7 Å². The second kappa shape index (κ2) is 2.88. The summed E-state index contributed by atoms with van der Waals surface area (Å²) in [4.78, 5) is 0. The van der Waals surface area contributed by atoms with Crippen molar-refractivity contribution in [2.24, 2.45) is 12.8 Å². The number of aryl methyl sites for hydroxylation is 1. The molecule has 4 nitrogen and oxygen atoms in total. The molecule has 12 heavy (non-hydrogen) atoms. The summed E-state index contributed by atoms with van der Waals surface area (Å²) < 4.78 is 1.96. The molecule has 3 N–H and O–H groups in total. The third kappa shape index (κ3) is 1.04. The third-order valence-electron chi connectivity index (χ3n) is 2.33. The molecule has 2 heterocycles. The number of nitrogens with one attached hydrogen (secondary N) is 1. The standard InChI is InChI=1S/C8H14N4/c1-12-8-5-10-4-6(8)7(11-12)2-3-9/h10H,2-5,9H2,1H3. The van der Waals surface area contributed by atoms with E-state index in [4.69, 9.17) is 5.73 Å². The van der Waals surface area contributed by atoms with E-state index in [-0.39, 0.29) is 0 Å². The van der Waals surface area contributed by atoms with Gasteiger partial charge in [0.25, 0.3) is 0 Å². The molecule has 0 atom stereocenters. The van der Waals surface area contributed by atoms with E-state index in [2.05, 4.69) is 10.4 Å². The Balaban J connectivity index is 2.37. The number of rotatable bonds is 2. The quantitative estimate of drug-likeness (QED) is 0.624. The van der Waals surface area contributed by atoms with Gasteiger partial charge in [-0.15, -0.1) is 0 Å². The first-order valence-corrected chi connectivity index (χ1v) is 4.27. The van der Waals surface area contributed by atoms with Gasteiger partial charge in [-0.1, -0.05) is 0 Å². The smallest absolute Gasteiger partial charge is 0.0685 e. The molecule has 0 amide bonds. The molecule has 0 aliphatic carbocycles. The van der Waals surface area contributed by atoms with Crippen LogP contribution in [-0.2, 0) is 26.6 Å². The molecular weight excluding hydrogens is 152 g/mol. The first-order valence-electron chi connectivity index (χ1n) is 4.27. The molecule has 1 aromatic rings. The van der Waals surface area contributed by atoms with Gasteiger partial charge in [0.15, 0.2) is 0 Å². The lowest BCUT2D eigenvalue weighted by atomic mass is 10.2. The fraction of sp³-hybridized carbons (Fsp3) is 0.625. The molecular formula is C8H14N4. The molecule has 0 aromatic carbocycles. The molecule has 0 spiro atoms. The maximum absolute atomic E-state index is 5.49. The van der Waals surface area contributed by atoms with Gasteiger partial charge in [-0.3, -0.25) is 4.68 Å². The van der Waals surface area contributed by atoms with E-state index >= 15 is 0 Å². The molecule has 0 fully saturated rings. The Kier molecular flexibility index (Phi) is 1.86. The van der Waals surface area contributed by atoms with Gasteiger partial charge in [0, 0.05) is 32.1 Å². The summed E-state index contributed by atoms with van der Waals surface area (Å²) in [5.74, 6) is 0. The Hall–Kier alpha value is -0.870. The second-order valence-electron chi connectivity index (χ2n) is 3.14. The van der Waals surface area contributed by atoms with Crippen molar-refractivity contribution < 1.29 is 0 Å². The van der Waals surface area contributed by atoms with Crippen LogP contribution in [0.15, 0.2) is 0 Å². The first-order chi connectivity index (χ1) is 5.83. The van der Waals surface area contributed by atoms with Crippen LogP contribution in [0, 0.1) is 0 Å². The second-order valence-corrected chi connectivity index (χ2v) is 3.14. The summed E-state index contributed by atoms with van der Waals surface area (Å²) in [5, 5.41) is 7.72. The monoisotopic (exact) mass is 166 g/mol. The molecule has 1 aliphatic heterocycles. The molecule has 1 aromatic heterocycles. The highest BCUT2D eigenvalue weighted by atomic mass is 15.3. The Morgan fingerprint density at radius 2 is 2.42 bits per heavy atom. The van der Waals surface area contributed by atoms with Crippen LogP contribution < -0.4 is 11.1 Å². The van der Waals surface area contributed by atoms with Crippen molar-refractivity contribution >= 4 is 0 Å². The van der Waals surface area contributed by atoms with E-state index in [0.717, 1.165) is 19.5 Å². The highest BCUT2D eigenvalue weighted by molar-refractivity contribution is 5.29. The van der Waals surface area contributed by atoms with E-state index in [1.54, 1.807) is 0 Å². The Morgan fingerprint density at radius 3 is 3.17 bits per heavy atom. The molecule has 0 radical (unpaired) electrons. The van der Waals surface area contributed by atoms with Gasteiger partial charge in [0.05, 0.1) is 11.4 Å². The number of nitrogens with zero attached hydrogens (tertiary/aromatic N) is 2. The molecule has 0 saturated carbocycles. The van der Waals surface area contributed by atoms with Crippen molar-refractivity contribution in [3.63, 3.8) is 0 Å². The zero-order valence-electron chi connectivity index (χ0n) is 7.30. The lowest BCUT2D eigenvalue weighted by Crippen LogP contribution is -2.09. The average molecular weight is 166 g/mol. The largest absolute Gasteiger partial charge is 0.330 e. The fourth-order valence-corrected chi connectivity index (χ4v) is 1.73. The van der Waals surface area contributed by atoms with E-state index in [9.17, 15) is 0 Å². The average Bonchev–Trinajstić information content (AvgIpc) is 2.58. The summed E-state index contributed by atoms with van der Waals surface area (Å²) in [6.07, 6.45) is 0.894. The number of hydrogen-bond donors (Lipinski definition) is 2. The topological polar surface area (TPSA) is 55.9 Å². The van der Waals surface area contributed by atoms with Crippen LogP contribution in [0.3, 0.4) is 0 Å². The van der Waals surface area contributed by atoms with Gasteiger partial charge in [-0.05, 0) is 6.54 Å². The van der Waals surface area contributed by atoms with Crippen molar-refractivity contribution in [3.05, 3.63) is 17.0 Å². The summed E-state index contributed by atoms with van der Waals surface area (Å²) >= 11 is 0. The summed E-state index contributed by atoms with van der Waals surface area (Å²) in [5.41, 5.74) is 9.34. The summed E-state index contributed by atoms with van der Waals surface area (Å²) in [6, 6.07) is 0. The molecule has 1 aliphatic rings. The van der Waals surface area contributed by atoms with Crippen LogP contribution in [0.2, 0.25) is 0 Å². The maximum Gasteiger partial charge on any atom is 0.0685 e. The maximum atomic E-state index is 5.49. The van der Waals surface area contributed by atoms with Crippen LogP contribution in [0.4, 0.5) is 0 Å². The van der Waals surface area contributed by atoms with Gasteiger partial charge < -0.3 is 11.1 Å². The van der Waals surface area contributed by atoms with Crippen molar-refractivity contribution in [2.75, 3.05) is 6.54 Å². The van der Waals surface area contributed by atoms with E-state index in [1.165, 1.54) is 17.0 Å². The van der Waals surface area contributed by atoms with E-state index < -0.39 is 0 Å². The molecule has 2 rings (SSSR count). The van der Waals surface area contributed by atoms with Crippen LogP contribution in [0.1, 0.15) is 17.0 Å². The molecule has 0 bridgehead atoms. The minimum atomic E-state index is 0.684. The van der Waals surface area contributed by atoms with Crippen LogP contribution >= 0.6 is 0 Å². The van der Waals surface area contributed by atoms with Gasteiger partial charge in [-0.25, -0.2) is 0 Å². The highest BCUT2D eigenvalue weighted by Crippen LogP contribution is 2.18. The predicted octanol–water partition coefficient (Wildman–Crippen LogP) is -0.475. The van der Waals surface area contributed by atoms with Gasteiger partial charge in [0.1, 0.15) is 0 Å². The Labute approximate surface area is 71.7 Å².